The molecule has 1 aliphatic rings. The van der Waals surface area contributed by atoms with Crippen LogP contribution in [0.3, 0.4) is 0 Å². The molecule has 0 saturated carbocycles. The summed E-state index contributed by atoms with van der Waals surface area (Å²) in [6, 6.07) is 5.37. The number of nitrogens with one attached hydrogen (secondary N) is 2. The lowest BCUT2D eigenvalue weighted by Crippen LogP contribution is -2.37. The zero-order chi connectivity index (χ0) is 12.3. The quantitative estimate of drug-likeness (QED) is 0.736. The Morgan fingerprint density at radius 2 is 2.41 bits per heavy atom. The second-order valence-corrected chi connectivity index (χ2v) is 4.50. The van der Waals surface area contributed by atoms with Crippen molar-refractivity contribution in [1.82, 2.24) is 10.6 Å². The summed E-state index contributed by atoms with van der Waals surface area (Å²) in [4.78, 5) is 11.8. The van der Waals surface area contributed by atoms with Crippen LogP contribution in [0.4, 0.5) is 0 Å². The SMILES string of the molecule is Cc1ccc(C(=O)NCC2CCCN2)cc1O. The van der Waals surface area contributed by atoms with E-state index in [4.69, 9.17) is 0 Å². The van der Waals surface area contributed by atoms with Gasteiger partial charge in [0.1, 0.15) is 5.75 Å². The van der Waals surface area contributed by atoms with Gasteiger partial charge in [-0.2, -0.15) is 0 Å². The molecule has 92 valence electrons. The molecule has 0 bridgehead atoms. The Morgan fingerprint density at radius 1 is 1.59 bits per heavy atom. The second-order valence-electron chi connectivity index (χ2n) is 4.50. The van der Waals surface area contributed by atoms with E-state index < -0.39 is 0 Å². The molecular formula is C13H18N2O2. The summed E-state index contributed by atoms with van der Waals surface area (Å²) in [5.41, 5.74) is 1.28. The minimum absolute atomic E-state index is 0.131. The largest absolute Gasteiger partial charge is 0.508 e. The predicted octanol–water partition coefficient (Wildman–Crippen LogP) is 1.18. The number of hydrogen-bond donors (Lipinski definition) is 3. The highest BCUT2D eigenvalue weighted by Gasteiger charge is 2.15. The average Bonchev–Trinajstić information content (AvgIpc) is 2.82. The van der Waals surface area contributed by atoms with Gasteiger partial charge < -0.3 is 15.7 Å². The minimum Gasteiger partial charge on any atom is -0.508 e. The molecule has 1 saturated heterocycles. The molecule has 1 aliphatic heterocycles. The number of amides is 1. The van der Waals surface area contributed by atoms with Crippen molar-refractivity contribution in [2.75, 3.05) is 13.1 Å². The highest BCUT2D eigenvalue weighted by Crippen LogP contribution is 2.17. The van der Waals surface area contributed by atoms with Gasteiger partial charge in [-0.25, -0.2) is 0 Å². The number of hydrogen-bond acceptors (Lipinski definition) is 3. The Labute approximate surface area is 101 Å². The van der Waals surface area contributed by atoms with Crippen molar-refractivity contribution in [2.45, 2.75) is 25.8 Å². The maximum absolute atomic E-state index is 11.8. The maximum Gasteiger partial charge on any atom is 0.251 e. The molecule has 1 aromatic rings. The summed E-state index contributed by atoms with van der Waals surface area (Å²) in [6.07, 6.45) is 2.28. The van der Waals surface area contributed by atoms with Gasteiger partial charge in [-0.3, -0.25) is 4.79 Å². The van der Waals surface area contributed by atoms with Crippen molar-refractivity contribution >= 4 is 5.91 Å². The molecule has 0 aliphatic carbocycles. The fourth-order valence-electron chi connectivity index (χ4n) is 2.00. The van der Waals surface area contributed by atoms with E-state index in [1.54, 1.807) is 19.1 Å². The lowest BCUT2D eigenvalue weighted by molar-refractivity contribution is 0.0950. The van der Waals surface area contributed by atoms with Crippen LogP contribution in [0, 0.1) is 6.92 Å². The lowest BCUT2D eigenvalue weighted by Gasteiger charge is -2.11. The van der Waals surface area contributed by atoms with Gasteiger partial charge in [0, 0.05) is 18.2 Å². The van der Waals surface area contributed by atoms with Crippen LogP contribution in [-0.2, 0) is 0 Å². The third kappa shape index (κ3) is 2.97. The Morgan fingerprint density at radius 3 is 3.06 bits per heavy atom. The van der Waals surface area contributed by atoms with Gasteiger partial charge >= 0.3 is 0 Å². The molecule has 4 nitrogen and oxygen atoms in total. The van der Waals surface area contributed by atoms with Crippen LogP contribution in [0.5, 0.6) is 5.75 Å². The summed E-state index contributed by atoms with van der Waals surface area (Å²) < 4.78 is 0. The van der Waals surface area contributed by atoms with E-state index in [-0.39, 0.29) is 11.7 Å². The van der Waals surface area contributed by atoms with Crippen LogP contribution < -0.4 is 10.6 Å². The van der Waals surface area contributed by atoms with E-state index >= 15 is 0 Å². The number of carbonyl (C=O) groups excluding carboxylic acids is 1. The molecule has 2 rings (SSSR count). The molecule has 4 heteroatoms. The molecule has 1 heterocycles. The van der Waals surface area contributed by atoms with Crippen LogP contribution in [0.25, 0.3) is 0 Å². The van der Waals surface area contributed by atoms with Gasteiger partial charge in [-0.15, -0.1) is 0 Å². The molecule has 1 unspecified atom stereocenters. The minimum atomic E-state index is -0.131. The number of aromatic hydroxyl groups is 1. The Hall–Kier alpha value is -1.55. The number of aryl methyl sites for hydroxylation is 1. The van der Waals surface area contributed by atoms with Crippen molar-refractivity contribution < 1.29 is 9.90 Å². The standard InChI is InChI=1S/C13H18N2O2/c1-9-4-5-10(7-12(9)16)13(17)15-8-11-3-2-6-14-11/h4-5,7,11,14,16H,2-3,6,8H2,1H3,(H,15,17). The third-order valence-corrected chi connectivity index (χ3v) is 3.14. The number of carbonyl (C=O) groups is 1. The molecule has 0 aromatic heterocycles. The van der Waals surface area contributed by atoms with Crippen molar-refractivity contribution in [3.63, 3.8) is 0 Å². The van der Waals surface area contributed by atoms with Crippen LogP contribution in [0.2, 0.25) is 0 Å². The summed E-state index contributed by atoms with van der Waals surface area (Å²) >= 11 is 0. The molecular weight excluding hydrogens is 216 g/mol. The fraction of sp³-hybridized carbons (Fsp3) is 0.462. The fourth-order valence-corrected chi connectivity index (χ4v) is 2.00. The zero-order valence-electron chi connectivity index (χ0n) is 9.99. The van der Waals surface area contributed by atoms with E-state index in [9.17, 15) is 9.90 Å². The van der Waals surface area contributed by atoms with Gasteiger partial charge in [0.25, 0.3) is 5.91 Å². The van der Waals surface area contributed by atoms with E-state index in [0.29, 0.717) is 18.2 Å². The Kier molecular flexibility index (Phi) is 3.64. The summed E-state index contributed by atoms with van der Waals surface area (Å²) in [6.45, 7) is 3.48. The highest BCUT2D eigenvalue weighted by molar-refractivity contribution is 5.94. The van der Waals surface area contributed by atoms with Gasteiger partial charge in [0.15, 0.2) is 0 Å². The Balaban J connectivity index is 1.92. The van der Waals surface area contributed by atoms with Crippen LogP contribution in [-0.4, -0.2) is 30.1 Å². The predicted molar refractivity (Wildman–Crippen MR) is 66.2 cm³/mol. The number of rotatable bonds is 3. The molecule has 17 heavy (non-hydrogen) atoms. The molecule has 1 amide bonds. The van der Waals surface area contributed by atoms with E-state index in [1.807, 2.05) is 0 Å². The highest BCUT2D eigenvalue weighted by atomic mass is 16.3. The van der Waals surface area contributed by atoms with Crippen molar-refractivity contribution in [3.8, 4) is 5.75 Å². The topological polar surface area (TPSA) is 61.4 Å². The average molecular weight is 234 g/mol. The molecule has 1 fully saturated rings. The van der Waals surface area contributed by atoms with Crippen molar-refractivity contribution in [2.24, 2.45) is 0 Å². The number of benzene rings is 1. The zero-order valence-corrected chi connectivity index (χ0v) is 9.99. The van der Waals surface area contributed by atoms with Crippen molar-refractivity contribution in [1.29, 1.82) is 0 Å². The van der Waals surface area contributed by atoms with Gasteiger partial charge in [0.05, 0.1) is 0 Å². The van der Waals surface area contributed by atoms with Gasteiger partial charge in [0.2, 0.25) is 0 Å². The van der Waals surface area contributed by atoms with Crippen LogP contribution >= 0.6 is 0 Å². The molecule has 1 atom stereocenters. The first-order valence-corrected chi connectivity index (χ1v) is 5.98. The lowest BCUT2D eigenvalue weighted by atomic mass is 10.1. The van der Waals surface area contributed by atoms with Crippen LogP contribution in [0.1, 0.15) is 28.8 Å². The first-order valence-electron chi connectivity index (χ1n) is 5.98. The first-order chi connectivity index (χ1) is 8.16. The maximum atomic E-state index is 11.8. The van der Waals surface area contributed by atoms with E-state index in [0.717, 1.165) is 18.5 Å². The summed E-state index contributed by atoms with van der Waals surface area (Å²) in [5, 5.41) is 15.7. The van der Waals surface area contributed by atoms with Crippen molar-refractivity contribution in [3.05, 3.63) is 29.3 Å². The normalized spacial score (nSPS) is 19.2. The van der Waals surface area contributed by atoms with E-state index in [2.05, 4.69) is 10.6 Å². The molecule has 1 aromatic carbocycles. The number of phenols is 1. The summed E-state index contributed by atoms with van der Waals surface area (Å²) in [5.74, 6) is 0.0330. The van der Waals surface area contributed by atoms with E-state index in [1.165, 1.54) is 12.5 Å². The number of phenolic OH excluding ortho intramolecular Hbond substituents is 1. The summed E-state index contributed by atoms with van der Waals surface area (Å²) in [7, 11) is 0. The molecule has 3 N–H and O–H groups in total. The Bertz CT molecular complexity index is 412. The smallest absolute Gasteiger partial charge is 0.251 e. The monoisotopic (exact) mass is 234 g/mol. The van der Waals surface area contributed by atoms with Gasteiger partial charge in [-0.05, 0) is 44.0 Å². The van der Waals surface area contributed by atoms with Gasteiger partial charge in [-0.1, -0.05) is 6.07 Å². The molecule has 0 radical (unpaired) electrons. The molecule has 0 spiro atoms. The van der Waals surface area contributed by atoms with Crippen LogP contribution in [0.15, 0.2) is 18.2 Å². The third-order valence-electron chi connectivity index (χ3n) is 3.14. The second kappa shape index (κ2) is 5.19. The first kappa shape index (κ1) is 11.9.